The molecule has 1 aromatic rings. The molecule has 1 atom stereocenters. The minimum atomic E-state index is -0.120. The third kappa shape index (κ3) is 3.70. The summed E-state index contributed by atoms with van der Waals surface area (Å²) < 4.78 is 5.98. The molecule has 1 aliphatic rings. The second kappa shape index (κ2) is 6.10. The van der Waals surface area contributed by atoms with Gasteiger partial charge in [-0.05, 0) is 51.9 Å². The number of anilines is 1. The first-order valence-corrected chi connectivity index (χ1v) is 7.50. The molecule has 2 heterocycles. The average Bonchev–Trinajstić information content (AvgIpc) is 2.36. The highest BCUT2D eigenvalue weighted by atomic mass is 16.5. The summed E-state index contributed by atoms with van der Waals surface area (Å²) in [6.45, 7) is 11.2. The first kappa shape index (κ1) is 15.3. The molecule has 0 bridgehead atoms. The Bertz CT molecular complexity index is 459. The summed E-state index contributed by atoms with van der Waals surface area (Å²) in [6, 6.07) is 4.39. The van der Waals surface area contributed by atoms with Crippen molar-refractivity contribution in [2.45, 2.75) is 52.4 Å². The number of aromatic nitrogens is 1. The van der Waals surface area contributed by atoms with E-state index >= 15 is 0 Å². The molecule has 112 valence electrons. The van der Waals surface area contributed by atoms with Crippen LogP contribution in [0.1, 0.15) is 39.0 Å². The predicted molar refractivity (Wildman–Crippen MR) is 83.2 cm³/mol. The smallest absolute Gasteiger partial charge is 0.129 e. The number of rotatable bonds is 4. The zero-order valence-electron chi connectivity index (χ0n) is 13.4. The number of ether oxygens (including phenoxy) is 1. The fraction of sp³-hybridized carbons (Fsp3) is 0.688. The summed E-state index contributed by atoms with van der Waals surface area (Å²) in [6.07, 6.45) is 1.20. The van der Waals surface area contributed by atoms with Gasteiger partial charge < -0.3 is 15.0 Å². The van der Waals surface area contributed by atoms with Gasteiger partial charge in [0.1, 0.15) is 5.82 Å². The molecule has 1 unspecified atom stereocenters. The molecule has 1 saturated heterocycles. The van der Waals surface area contributed by atoms with Crippen LogP contribution < -0.4 is 10.2 Å². The van der Waals surface area contributed by atoms with Gasteiger partial charge in [-0.2, -0.15) is 0 Å². The standard InChI is InChI=1S/C16H27N3O/c1-6-14-7-13(9-17-5)8-15(18-14)19-10-12(2)20-16(3,4)11-19/h7-8,12,17H,6,9-11H2,1-5H3. The van der Waals surface area contributed by atoms with E-state index in [4.69, 9.17) is 9.72 Å². The molecule has 1 aliphatic heterocycles. The number of aryl methyl sites for hydroxylation is 1. The summed E-state index contributed by atoms with van der Waals surface area (Å²) in [5, 5.41) is 3.22. The highest BCUT2D eigenvalue weighted by Gasteiger charge is 2.32. The monoisotopic (exact) mass is 277 g/mol. The number of hydrogen-bond acceptors (Lipinski definition) is 4. The molecule has 4 nitrogen and oxygen atoms in total. The van der Waals surface area contributed by atoms with Gasteiger partial charge in [-0.1, -0.05) is 6.92 Å². The van der Waals surface area contributed by atoms with Crippen LogP contribution >= 0.6 is 0 Å². The summed E-state index contributed by atoms with van der Waals surface area (Å²) >= 11 is 0. The SMILES string of the molecule is CCc1cc(CNC)cc(N2CC(C)OC(C)(C)C2)n1. The van der Waals surface area contributed by atoms with E-state index in [1.54, 1.807) is 0 Å². The predicted octanol–water partition coefficient (Wildman–Crippen LogP) is 2.37. The number of morpholine rings is 1. The van der Waals surface area contributed by atoms with Crippen LogP contribution in [0.15, 0.2) is 12.1 Å². The van der Waals surface area contributed by atoms with Gasteiger partial charge in [0, 0.05) is 25.3 Å². The molecule has 1 N–H and O–H groups in total. The van der Waals surface area contributed by atoms with Crippen molar-refractivity contribution in [3.05, 3.63) is 23.4 Å². The molecule has 1 aromatic heterocycles. The molecule has 1 fully saturated rings. The fourth-order valence-corrected chi connectivity index (χ4v) is 2.91. The third-order valence-corrected chi connectivity index (χ3v) is 3.56. The minimum absolute atomic E-state index is 0.120. The van der Waals surface area contributed by atoms with E-state index in [0.717, 1.165) is 37.6 Å². The van der Waals surface area contributed by atoms with E-state index in [1.165, 1.54) is 5.56 Å². The third-order valence-electron chi connectivity index (χ3n) is 3.56. The Morgan fingerprint density at radius 3 is 2.80 bits per heavy atom. The molecule has 20 heavy (non-hydrogen) atoms. The lowest BCUT2D eigenvalue weighted by Crippen LogP contribution is -2.52. The number of nitrogens with zero attached hydrogens (tertiary/aromatic N) is 2. The summed E-state index contributed by atoms with van der Waals surface area (Å²) in [5.74, 6) is 1.08. The van der Waals surface area contributed by atoms with Crippen molar-refractivity contribution >= 4 is 5.82 Å². The Kier molecular flexibility index (Phi) is 4.66. The van der Waals surface area contributed by atoms with Crippen molar-refractivity contribution in [2.24, 2.45) is 0 Å². The quantitative estimate of drug-likeness (QED) is 0.917. The maximum absolute atomic E-state index is 5.98. The maximum atomic E-state index is 5.98. The Hall–Kier alpha value is -1.13. The van der Waals surface area contributed by atoms with Crippen molar-refractivity contribution < 1.29 is 4.74 Å². The molecule has 0 aliphatic carbocycles. The Morgan fingerprint density at radius 2 is 2.20 bits per heavy atom. The highest BCUT2D eigenvalue weighted by Crippen LogP contribution is 2.25. The Morgan fingerprint density at radius 1 is 1.45 bits per heavy atom. The van der Waals surface area contributed by atoms with Crippen molar-refractivity contribution in [1.29, 1.82) is 0 Å². The minimum Gasteiger partial charge on any atom is -0.369 e. The van der Waals surface area contributed by atoms with E-state index in [-0.39, 0.29) is 11.7 Å². The lowest BCUT2D eigenvalue weighted by atomic mass is 10.1. The van der Waals surface area contributed by atoms with Gasteiger partial charge in [0.2, 0.25) is 0 Å². The molecule has 2 rings (SSSR count). The van der Waals surface area contributed by atoms with E-state index in [0.29, 0.717) is 0 Å². The molecule has 0 spiro atoms. The average molecular weight is 277 g/mol. The number of pyridine rings is 1. The van der Waals surface area contributed by atoms with Gasteiger partial charge in [0.05, 0.1) is 11.7 Å². The molecule has 0 amide bonds. The van der Waals surface area contributed by atoms with Crippen LogP contribution in [0, 0.1) is 0 Å². The van der Waals surface area contributed by atoms with E-state index in [2.05, 4.69) is 50.0 Å². The highest BCUT2D eigenvalue weighted by molar-refractivity contribution is 5.44. The largest absolute Gasteiger partial charge is 0.369 e. The normalized spacial score (nSPS) is 22.1. The Balaban J connectivity index is 2.28. The maximum Gasteiger partial charge on any atom is 0.129 e. The van der Waals surface area contributed by atoms with Crippen LogP contribution in [0.3, 0.4) is 0 Å². The van der Waals surface area contributed by atoms with Gasteiger partial charge in [0.15, 0.2) is 0 Å². The second-order valence-electron chi connectivity index (χ2n) is 6.28. The zero-order chi connectivity index (χ0) is 14.8. The van der Waals surface area contributed by atoms with Crippen LogP contribution in [0.4, 0.5) is 5.82 Å². The molecule has 4 heteroatoms. The Labute approximate surface area is 122 Å². The van der Waals surface area contributed by atoms with Gasteiger partial charge in [-0.25, -0.2) is 4.98 Å². The molecule has 0 aromatic carbocycles. The molecule has 0 saturated carbocycles. The number of hydrogen-bond donors (Lipinski definition) is 1. The van der Waals surface area contributed by atoms with Crippen molar-refractivity contribution in [2.75, 3.05) is 25.0 Å². The summed E-state index contributed by atoms with van der Waals surface area (Å²) in [5.41, 5.74) is 2.33. The first-order chi connectivity index (χ1) is 9.43. The second-order valence-corrected chi connectivity index (χ2v) is 6.28. The first-order valence-electron chi connectivity index (χ1n) is 7.50. The van der Waals surface area contributed by atoms with Crippen LogP contribution in [0.25, 0.3) is 0 Å². The lowest BCUT2D eigenvalue weighted by molar-refractivity contribution is -0.0751. The lowest BCUT2D eigenvalue weighted by Gasteiger charge is -2.42. The topological polar surface area (TPSA) is 37.4 Å². The summed E-state index contributed by atoms with van der Waals surface area (Å²) in [7, 11) is 1.98. The van der Waals surface area contributed by atoms with Crippen molar-refractivity contribution in [1.82, 2.24) is 10.3 Å². The van der Waals surface area contributed by atoms with Gasteiger partial charge in [-0.3, -0.25) is 0 Å². The van der Waals surface area contributed by atoms with Gasteiger partial charge >= 0.3 is 0 Å². The van der Waals surface area contributed by atoms with Gasteiger partial charge in [0.25, 0.3) is 0 Å². The van der Waals surface area contributed by atoms with Crippen LogP contribution in [-0.4, -0.2) is 36.8 Å². The fourth-order valence-electron chi connectivity index (χ4n) is 2.91. The van der Waals surface area contributed by atoms with E-state index in [1.807, 2.05) is 7.05 Å². The van der Waals surface area contributed by atoms with Gasteiger partial charge in [-0.15, -0.1) is 0 Å². The molecular weight excluding hydrogens is 250 g/mol. The van der Waals surface area contributed by atoms with Crippen molar-refractivity contribution in [3.8, 4) is 0 Å². The van der Waals surface area contributed by atoms with Crippen molar-refractivity contribution in [3.63, 3.8) is 0 Å². The zero-order valence-corrected chi connectivity index (χ0v) is 13.4. The molecular formula is C16H27N3O. The van der Waals surface area contributed by atoms with E-state index < -0.39 is 0 Å². The van der Waals surface area contributed by atoms with E-state index in [9.17, 15) is 0 Å². The number of nitrogens with one attached hydrogen (secondary N) is 1. The summed E-state index contributed by atoms with van der Waals surface area (Å²) in [4.78, 5) is 7.15. The molecule has 0 radical (unpaired) electrons. The van der Waals surface area contributed by atoms with Crippen LogP contribution in [0.5, 0.6) is 0 Å². The van der Waals surface area contributed by atoms with Crippen LogP contribution in [0.2, 0.25) is 0 Å². The van der Waals surface area contributed by atoms with Crippen LogP contribution in [-0.2, 0) is 17.7 Å².